The number of hydrogen-bond acceptors (Lipinski definition) is 6. The number of amides is 1. The number of nitrogen functional groups attached to an aromatic ring is 1. The minimum absolute atomic E-state index is 0.240. The number of nitrogens with zero attached hydrogens (tertiary/aromatic N) is 2. The zero-order valence-electron chi connectivity index (χ0n) is 21.3. The van der Waals surface area contributed by atoms with Gasteiger partial charge in [0, 0.05) is 38.4 Å². The monoisotopic (exact) mass is 445 g/mol. The van der Waals surface area contributed by atoms with Crippen LogP contribution in [0.4, 0.5) is 10.5 Å². The van der Waals surface area contributed by atoms with Gasteiger partial charge in [0.1, 0.15) is 5.60 Å². The zero-order valence-corrected chi connectivity index (χ0v) is 21.3. The highest BCUT2D eigenvalue weighted by Crippen LogP contribution is 2.37. The fourth-order valence-corrected chi connectivity index (χ4v) is 4.05. The predicted molar refractivity (Wildman–Crippen MR) is 129 cm³/mol. The summed E-state index contributed by atoms with van der Waals surface area (Å²) in [6.45, 7) is 21.7. The molecule has 0 spiro atoms. The van der Waals surface area contributed by atoms with Gasteiger partial charge in [-0.1, -0.05) is 6.07 Å². The molecule has 3 rings (SSSR count). The minimum Gasteiger partial charge on any atom is -0.444 e. The molecular weight excluding hydrogens is 405 g/mol. The second-order valence-corrected chi connectivity index (χ2v) is 11.1. The zero-order chi connectivity index (χ0) is 24.1. The van der Waals surface area contributed by atoms with Crippen LogP contribution in [0.1, 0.15) is 65.2 Å². The van der Waals surface area contributed by atoms with E-state index >= 15 is 0 Å². The van der Waals surface area contributed by atoms with Gasteiger partial charge in [0.15, 0.2) is 0 Å². The van der Waals surface area contributed by atoms with E-state index in [1.807, 2.05) is 27.7 Å². The number of anilines is 1. The van der Waals surface area contributed by atoms with Crippen molar-refractivity contribution < 1.29 is 18.8 Å². The Morgan fingerprint density at radius 1 is 1.06 bits per heavy atom. The van der Waals surface area contributed by atoms with Crippen LogP contribution in [-0.2, 0) is 20.6 Å². The van der Waals surface area contributed by atoms with Crippen molar-refractivity contribution in [3.8, 4) is 0 Å². The van der Waals surface area contributed by atoms with Crippen molar-refractivity contribution in [1.82, 2.24) is 9.80 Å². The molecular formula is C24H40BN3O4. The highest BCUT2D eigenvalue weighted by molar-refractivity contribution is 6.62. The number of carbonyl (C=O) groups excluding carboxylic acids is 1. The van der Waals surface area contributed by atoms with Gasteiger partial charge >= 0.3 is 13.2 Å². The average molecular weight is 445 g/mol. The number of nitrogens with two attached hydrogens (primary N) is 1. The lowest BCUT2D eigenvalue weighted by Gasteiger charge is -2.36. The summed E-state index contributed by atoms with van der Waals surface area (Å²) in [6.07, 6.45) is -0.240. The van der Waals surface area contributed by atoms with Gasteiger partial charge in [0.2, 0.25) is 0 Å². The van der Waals surface area contributed by atoms with Crippen LogP contribution in [0.25, 0.3) is 0 Å². The summed E-state index contributed by atoms with van der Waals surface area (Å²) in [5.41, 5.74) is 10.3. The van der Waals surface area contributed by atoms with Crippen LogP contribution in [0.3, 0.4) is 0 Å². The summed E-state index contributed by atoms with van der Waals surface area (Å²) in [5.74, 6) is 0. The lowest BCUT2D eigenvalue weighted by molar-refractivity contribution is 0.00578. The molecule has 2 fully saturated rings. The largest absolute Gasteiger partial charge is 0.495 e. The summed E-state index contributed by atoms with van der Waals surface area (Å²) in [7, 11) is -0.439. The highest BCUT2D eigenvalue weighted by Gasteiger charge is 2.52. The summed E-state index contributed by atoms with van der Waals surface area (Å²) in [4.78, 5) is 16.5. The average Bonchev–Trinajstić information content (AvgIpc) is 2.88. The lowest BCUT2D eigenvalue weighted by Crippen LogP contribution is -2.49. The van der Waals surface area contributed by atoms with E-state index in [0.29, 0.717) is 13.1 Å². The molecule has 0 aromatic heterocycles. The molecule has 0 radical (unpaired) electrons. The van der Waals surface area contributed by atoms with E-state index in [-0.39, 0.29) is 6.09 Å². The van der Waals surface area contributed by atoms with Crippen molar-refractivity contribution in [3.63, 3.8) is 0 Å². The van der Waals surface area contributed by atoms with Gasteiger partial charge in [-0.3, -0.25) is 4.90 Å². The van der Waals surface area contributed by atoms with Gasteiger partial charge < -0.3 is 24.7 Å². The maximum atomic E-state index is 12.4. The molecule has 32 heavy (non-hydrogen) atoms. The van der Waals surface area contributed by atoms with E-state index in [2.05, 4.69) is 45.6 Å². The quantitative estimate of drug-likeness (QED) is 0.569. The van der Waals surface area contributed by atoms with Crippen molar-refractivity contribution in [2.75, 3.05) is 31.9 Å². The molecule has 0 aliphatic carbocycles. The number of benzene rings is 1. The first kappa shape index (κ1) is 24.9. The SMILES string of the molecule is Cc1c(CN2CCN(C(=O)OC(C)(C)C)CC2)cc(B2OC(C)(C)C(C)(C)O2)c(C)c1N. The molecule has 2 heterocycles. The highest BCUT2D eigenvalue weighted by atomic mass is 16.7. The van der Waals surface area contributed by atoms with Gasteiger partial charge in [-0.15, -0.1) is 0 Å². The Morgan fingerprint density at radius 2 is 1.59 bits per heavy atom. The second kappa shape index (κ2) is 8.54. The lowest BCUT2D eigenvalue weighted by atomic mass is 9.74. The molecule has 0 saturated carbocycles. The molecule has 1 aromatic carbocycles. The van der Waals surface area contributed by atoms with Gasteiger partial charge in [0.05, 0.1) is 11.2 Å². The van der Waals surface area contributed by atoms with Gasteiger partial charge in [-0.05, 0) is 84.5 Å². The first-order valence-corrected chi connectivity index (χ1v) is 11.6. The molecule has 8 heteroatoms. The first-order valence-electron chi connectivity index (χ1n) is 11.6. The molecule has 2 aliphatic heterocycles. The van der Waals surface area contributed by atoms with E-state index in [9.17, 15) is 4.79 Å². The molecule has 1 aromatic rings. The van der Waals surface area contributed by atoms with Crippen LogP contribution in [-0.4, -0.2) is 66.0 Å². The molecule has 7 nitrogen and oxygen atoms in total. The maximum Gasteiger partial charge on any atom is 0.495 e. The van der Waals surface area contributed by atoms with E-state index in [1.165, 1.54) is 5.56 Å². The number of hydrogen-bond donors (Lipinski definition) is 1. The molecule has 178 valence electrons. The Labute approximate surface area is 193 Å². The standard InChI is InChI=1S/C24H40BN3O4/c1-16-18(15-27-10-12-28(13-11-27)21(29)30-22(3,4)5)14-19(17(2)20(16)26)25-31-23(6,7)24(8,9)32-25/h14H,10-13,15,26H2,1-9H3. The molecule has 1 amide bonds. The molecule has 0 bridgehead atoms. The molecule has 2 saturated heterocycles. The van der Waals surface area contributed by atoms with Crippen LogP contribution in [0, 0.1) is 13.8 Å². The van der Waals surface area contributed by atoms with Crippen LogP contribution in [0.2, 0.25) is 0 Å². The Bertz CT molecular complexity index is 855. The summed E-state index contributed by atoms with van der Waals surface area (Å²) < 4.78 is 18.1. The fraction of sp³-hybridized carbons (Fsp3) is 0.708. The van der Waals surface area contributed by atoms with E-state index in [0.717, 1.165) is 41.9 Å². The van der Waals surface area contributed by atoms with Crippen LogP contribution < -0.4 is 11.2 Å². The third kappa shape index (κ3) is 5.08. The topological polar surface area (TPSA) is 77.3 Å². The fourth-order valence-electron chi connectivity index (χ4n) is 4.05. The van der Waals surface area contributed by atoms with Crippen molar-refractivity contribution in [3.05, 3.63) is 22.8 Å². The number of ether oxygens (including phenoxy) is 1. The molecule has 0 unspecified atom stereocenters. The van der Waals surface area contributed by atoms with Gasteiger partial charge in [-0.25, -0.2) is 4.79 Å². The van der Waals surface area contributed by atoms with Crippen LogP contribution in [0.15, 0.2) is 6.07 Å². The number of carbonyl (C=O) groups is 1. The normalized spacial score (nSPS) is 21.2. The van der Waals surface area contributed by atoms with E-state index in [4.69, 9.17) is 19.8 Å². The Kier molecular flexibility index (Phi) is 6.64. The number of piperazine rings is 1. The summed E-state index contributed by atoms with van der Waals surface area (Å²) in [6, 6.07) is 2.18. The minimum atomic E-state index is -0.478. The van der Waals surface area contributed by atoms with E-state index in [1.54, 1.807) is 4.90 Å². The van der Waals surface area contributed by atoms with Crippen LogP contribution in [0.5, 0.6) is 0 Å². The number of rotatable bonds is 3. The van der Waals surface area contributed by atoms with E-state index < -0.39 is 23.9 Å². The Morgan fingerprint density at radius 3 is 2.09 bits per heavy atom. The van der Waals surface area contributed by atoms with Gasteiger partial charge in [0.25, 0.3) is 0 Å². The Hall–Kier alpha value is -1.77. The van der Waals surface area contributed by atoms with Crippen molar-refractivity contribution in [1.29, 1.82) is 0 Å². The van der Waals surface area contributed by atoms with Gasteiger partial charge in [-0.2, -0.15) is 0 Å². The summed E-state index contributed by atoms with van der Waals surface area (Å²) >= 11 is 0. The Balaban J connectivity index is 1.73. The van der Waals surface area contributed by atoms with Crippen molar-refractivity contribution in [2.24, 2.45) is 0 Å². The van der Waals surface area contributed by atoms with Crippen molar-refractivity contribution >= 4 is 24.4 Å². The molecule has 0 atom stereocenters. The second-order valence-electron chi connectivity index (χ2n) is 11.1. The summed E-state index contributed by atoms with van der Waals surface area (Å²) in [5, 5.41) is 0. The first-order chi connectivity index (χ1) is 14.6. The third-order valence-electron chi connectivity index (χ3n) is 6.98. The molecule has 2 N–H and O–H groups in total. The van der Waals surface area contributed by atoms with Crippen molar-refractivity contribution in [2.45, 2.75) is 85.7 Å². The third-order valence-corrected chi connectivity index (χ3v) is 6.98. The molecule has 2 aliphatic rings. The predicted octanol–water partition coefficient (Wildman–Crippen LogP) is 3.24. The van der Waals surface area contributed by atoms with Crippen LogP contribution >= 0.6 is 0 Å². The smallest absolute Gasteiger partial charge is 0.444 e. The maximum absolute atomic E-state index is 12.4.